The van der Waals surface area contributed by atoms with E-state index in [1.165, 1.54) is 29.2 Å². The highest BCUT2D eigenvalue weighted by atomic mass is 79.9. The molecule has 1 unspecified atom stereocenters. The Morgan fingerprint density at radius 2 is 2.16 bits per heavy atom. The molecule has 19 heavy (non-hydrogen) atoms. The van der Waals surface area contributed by atoms with Crippen LogP contribution in [0.5, 0.6) is 0 Å². The van der Waals surface area contributed by atoms with E-state index in [1.54, 1.807) is 0 Å². The lowest BCUT2D eigenvalue weighted by Gasteiger charge is -2.24. The number of aliphatic carboxylic acids is 1. The molecule has 1 aromatic rings. The minimum atomic E-state index is -3.87. The van der Waals surface area contributed by atoms with E-state index in [1.807, 2.05) is 0 Å². The van der Waals surface area contributed by atoms with Crippen molar-refractivity contribution in [2.45, 2.75) is 16.9 Å². The van der Waals surface area contributed by atoms with Crippen LogP contribution in [-0.2, 0) is 14.8 Å². The van der Waals surface area contributed by atoms with E-state index in [0.29, 0.717) is 13.3 Å². The maximum absolute atomic E-state index is 12.3. The maximum Gasteiger partial charge on any atom is 0.325 e. The summed E-state index contributed by atoms with van der Waals surface area (Å²) >= 11 is 9.03. The molecule has 0 aromatic carbocycles. The minimum absolute atomic E-state index is 0.0573. The second-order valence-corrected chi connectivity index (χ2v) is 10.5. The highest BCUT2D eigenvalue weighted by Gasteiger charge is 2.45. The summed E-state index contributed by atoms with van der Waals surface area (Å²) in [5.74, 6) is -0.264. The van der Waals surface area contributed by atoms with E-state index in [2.05, 4.69) is 36.6 Å². The molecular formula is C9H9Br2NO4S3. The van der Waals surface area contributed by atoms with Gasteiger partial charge < -0.3 is 5.11 Å². The predicted octanol–water partition coefficient (Wildman–Crippen LogP) is 2.51. The predicted molar refractivity (Wildman–Crippen MR) is 82.3 cm³/mol. The maximum atomic E-state index is 12.3. The average molecular weight is 451 g/mol. The van der Waals surface area contributed by atoms with E-state index < -0.39 is 21.5 Å². The van der Waals surface area contributed by atoms with Crippen LogP contribution in [0.2, 0.25) is 0 Å². The summed E-state index contributed by atoms with van der Waals surface area (Å²) in [7, 11) is -3.87. The molecule has 0 bridgehead atoms. The fraction of sp³-hybridized carbons (Fsp3) is 0.444. The van der Waals surface area contributed by atoms with Crippen molar-refractivity contribution >= 4 is 71.0 Å². The van der Waals surface area contributed by atoms with E-state index in [-0.39, 0.29) is 17.1 Å². The number of hydrogen-bond donors (Lipinski definition) is 2. The molecule has 2 N–H and O–H groups in total. The van der Waals surface area contributed by atoms with Crippen molar-refractivity contribution in [3.63, 3.8) is 0 Å². The first-order valence-electron chi connectivity index (χ1n) is 5.07. The van der Waals surface area contributed by atoms with Gasteiger partial charge in [0.15, 0.2) is 0 Å². The van der Waals surface area contributed by atoms with Gasteiger partial charge in [0.05, 0.1) is 7.57 Å². The Labute approximate surface area is 135 Å². The van der Waals surface area contributed by atoms with Crippen LogP contribution < -0.4 is 4.72 Å². The first-order chi connectivity index (χ1) is 8.77. The van der Waals surface area contributed by atoms with Crippen LogP contribution in [0.25, 0.3) is 0 Å². The average Bonchev–Trinajstić information content (AvgIpc) is 2.86. The highest BCUT2D eigenvalue weighted by Crippen LogP contribution is 2.36. The molecule has 0 radical (unpaired) electrons. The molecule has 1 atom stereocenters. The third kappa shape index (κ3) is 3.18. The molecule has 0 amide bonds. The van der Waals surface area contributed by atoms with E-state index in [0.717, 1.165) is 0 Å². The molecule has 2 rings (SSSR count). The summed E-state index contributed by atoms with van der Waals surface area (Å²) in [6, 6.07) is 1.45. The number of halogens is 2. The summed E-state index contributed by atoms with van der Waals surface area (Å²) in [4.78, 5) is 11.4. The van der Waals surface area contributed by atoms with Gasteiger partial charge in [-0.2, -0.15) is 16.5 Å². The lowest BCUT2D eigenvalue weighted by molar-refractivity contribution is -0.142. The fourth-order valence-corrected chi connectivity index (χ4v) is 8.30. The monoisotopic (exact) mass is 449 g/mol. The lowest BCUT2D eigenvalue weighted by Crippen LogP contribution is -2.54. The Balaban J connectivity index is 2.36. The van der Waals surface area contributed by atoms with Gasteiger partial charge in [-0.25, -0.2) is 8.42 Å². The van der Waals surface area contributed by atoms with Crippen LogP contribution >= 0.6 is 55.0 Å². The van der Waals surface area contributed by atoms with Gasteiger partial charge in [0, 0.05) is 5.75 Å². The molecule has 1 fully saturated rings. The van der Waals surface area contributed by atoms with Gasteiger partial charge in [-0.15, -0.1) is 11.3 Å². The number of hydrogen-bond acceptors (Lipinski definition) is 5. The topological polar surface area (TPSA) is 83.5 Å². The van der Waals surface area contributed by atoms with Gasteiger partial charge in [-0.3, -0.25) is 4.79 Å². The zero-order chi connectivity index (χ0) is 14.3. The summed E-state index contributed by atoms with van der Waals surface area (Å²) < 4.78 is 28.1. The largest absolute Gasteiger partial charge is 0.480 e. The van der Waals surface area contributed by atoms with Gasteiger partial charge >= 0.3 is 5.97 Å². The lowest BCUT2D eigenvalue weighted by atomic mass is 10.0. The third-order valence-electron chi connectivity index (χ3n) is 2.68. The SMILES string of the molecule is O=C(O)C1(NS(=O)(=O)c2cc(Br)sc2Br)CCSC1. The Bertz CT molecular complexity index is 607. The zero-order valence-corrected chi connectivity index (χ0v) is 15.0. The normalized spacial score (nSPS) is 23.7. The molecule has 2 heterocycles. The second kappa shape index (κ2) is 5.64. The Hall–Kier alpha value is 0.390. The number of carboxylic acids is 1. The van der Waals surface area contributed by atoms with Gasteiger partial charge in [-0.1, -0.05) is 0 Å². The van der Waals surface area contributed by atoms with Crippen LogP contribution in [0, 0.1) is 0 Å². The van der Waals surface area contributed by atoms with E-state index in [9.17, 15) is 18.3 Å². The number of thiophene rings is 1. The molecule has 1 aliphatic rings. The van der Waals surface area contributed by atoms with Crippen molar-refractivity contribution in [2.24, 2.45) is 0 Å². The Morgan fingerprint density at radius 1 is 1.47 bits per heavy atom. The summed E-state index contributed by atoms with van der Waals surface area (Å²) in [6.45, 7) is 0. The number of carboxylic acid groups (broad SMARTS) is 1. The quantitative estimate of drug-likeness (QED) is 0.736. The van der Waals surface area contributed by atoms with Crippen molar-refractivity contribution in [1.29, 1.82) is 0 Å². The van der Waals surface area contributed by atoms with Gasteiger partial charge in [0.1, 0.15) is 10.4 Å². The van der Waals surface area contributed by atoms with Crippen molar-refractivity contribution in [2.75, 3.05) is 11.5 Å². The highest BCUT2D eigenvalue weighted by molar-refractivity contribution is 9.12. The number of rotatable bonds is 4. The molecule has 0 saturated carbocycles. The van der Waals surface area contributed by atoms with Crippen molar-refractivity contribution < 1.29 is 18.3 Å². The Morgan fingerprint density at radius 3 is 2.58 bits per heavy atom. The van der Waals surface area contributed by atoms with Crippen LogP contribution in [0.15, 0.2) is 18.5 Å². The fourth-order valence-electron chi connectivity index (χ4n) is 1.68. The molecule has 1 saturated heterocycles. The summed E-state index contributed by atoms with van der Waals surface area (Å²) in [5, 5.41) is 9.29. The van der Waals surface area contributed by atoms with Crippen molar-refractivity contribution in [3.8, 4) is 0 Å². The zero-order valence-electron chi connectivity index (χ0n) is 9.35. The van der Waals surface area contributed by atoms with Crippen molar-refractivity contribution in [1.82, 2.24) is 4.72 Å². The summed E-state index contributed by atoms with van der Waals surface area (Å²) in [6.07, 6.45) is 0.287. The van der Waals surface area contributed by atoms with Crippen LogP contribution in [0.4, 0.5) is 0 Å². The minimum Gasteiger partial charge on any atom is -0.480 e. The second-order valence-electron chi connectivity index (χ2n) is 3.98. The molecule has 10 heteroatoms. The van der Waals surface area contributed by atoms with Gasteiger partial charge in [-0.05, 0) is 50.1 Å². The van der Waals surface area contributed by atoms with E-state index >= 15 is 0 Å². The first kappa shape index (κ1) is 15.8. The molecule has 5 nitrogen and oxygen atoms in total. The first-order valence-corrected chi connectivity index (χ1v) is 10.1. The van der Waals surface area contributed by atoms with Crippen LogP contribution in [0.3, 0.4) is 0 Å². The molecule has 0 aliphatic carbocycles. The third-order valence-corrected chi connectivity index (χ3v) is 8.16. The van der Waals surface area contributed by atoms with Crippen LogP contribution in [-0.4, -0.2) is 36.5 Å². The van der Waals surface area contributed by atoms with Gasteiger partial charge in [0.2, 0.25) is 10.0 Å². The molecule has 1 aromatic heterocycles. The Kier molecular flexibility index (Phi) is 4.69. The number of thioether (sulfide) groups is 1. The van der Waals surface area contributed by atoms with Crippen molar-refractivity contribution in [3.05, 3.63) is 13.6 Å². The van der Waals surface area contributed by atoms with E-state index in [4.69, 9.17) is 0 Å². The molecular weight excluding hydrogens is 442 g/mol. The number of sulfonamides is 1. The standard InChI is InChI=1S/C9H9Br2NO4S3/c10-6-3-5(7(11)18-6)19(15,16)12-9(8(13)14)1-2-17-4-9/h3,12H,1-2,4H2,(H,13,14). The molecule has 1 aliphatic heterocycles. The molecule has 106 valence electrons. The smallest absolute Gasteiger partial charge is 0.325 e. The van der Waals surface area contributed by atoms with Gasteiger partial charge in [0.25, 0.3) is 0 Å². The summed E-state index contributed by atoms with van der Waals surface area (Å²) in [5.41, 5.74) is -1.41. The molecule has 0 spiro atoms. The number of nitrogens with one attached hydrogen (secondary N) is 1. The van der Waals surface area contributed by atoms with Crippen LogP contribution in [0.1, 0.15) is 6.42 Å². The number of carbonyl (C=O) groups is 1.